The van der Waals surface area contributed by atoms with Gasteiger partial charge in [0.15, 0.2) is 0 Å². The summed E-state index contributed by atoms with van der Waals surface area (Å²) >= 11 is 5.71. The standard InChI is InChI=1S/C114H83BN4S3/c1-112(2,3)74-58-87(66-26-12-10-13-27-66)106-89(60-74)72-32-24-30-68(54-72)70-42-52-103-91(56-70)92-57-71(43-53-104(92)120-103)69-31-25-33-73(55-69)90-61-75(113(4,5)6)59-88(67-28-14-11-15-29-67)107(90)119-98-65-78(117-96-39-21-17-35-80(96)84-47-49-86-82-37-19-23-41-102(82)122-111(86)109(84)117)45-51-94(98)115-93-50-44-77(64-97(93)118(106)99-62-76(114(7,8)9)63-100(119)105(99)115)116-95-38-20-16-34-79(95)83-46-48-85-81-36-18-22-40-101(81)121-110(85)108(83)116/h10-65H,1-9H3. The topological polar surface area (TPSA) is 16.3 Å². The van der Waals surface area contributed by atoms with E-state index in [-0.39, 0.29) is 23.0 Å². The average molecular weight is 1620 g/mol. The van der Waals surface area contributed by atoms with Crippen molar-refractivity contribution >= 4 is 195 Å². The lowest BCUT2D eigenvalue weighted by molar-refractivity contribution is 0.590. The lowest BCUT2D eigenvalue weighted by Crippen LogP contribution is -2.61. The van der Waals surface area contributed by atoms with Gasteiger partial charge in [-0.15, -0.1) is 34.0 Å². The minimum absolute atomic E-state index is 0.262. The minimum Gasteiger partial charge on any atom is -0.310 e. The highest BCUT2D eigenvalue weighted by Gasteiger charge is 2.47. The van der Waals surface area contributed by atoms with Crippen LogP contribution in [0.4, 0.5) is 34.1 Å². The second-order valence-electron chi connectivity index (χ2n) is 37.1. The van der Waals surface area contributed by atoms with Crippen molar-refractivity contribution in [2.75, 3.05) is 9.80 Å². The van der Waals surface area contributed by atoms with E-state index in [0.29, 0.717) is 0 Å². The van der Waals surface area contributed by atoms with Crippen LogP contribution in [-0.4, -0.2) is 15.8 Å². The first-order valence-corrected chi connectivity index (χ1v) is 45.2. The van der Waals surface area contributed by atoms with Gasteiger partial charge >= 0.3 is 0 Å². The molecule has 0 amide bonds. The molecule has 13 bridgehead atoms. The van der Waals surface area contributed by atoms with Gasteiger partial charge in [-0.2, -0.15) is 0 Å². The number of benzene rings is 17. The molecule has 5 aromatic heterocycles. The van der Waals surface area contributed by atoms with Gasteiger partial charge in [0.05, 0.1) is 42.8 Å². The average Bonchev–Trinajstić information content (AvgIpc) is 0.724. The maximum absolute atomic E-state index is 2.80. The number of hydrogen-bond donors (Lipinski definition) is 0. The first kappa shape index (κ1) is 71.6. The molecule has 3 aliphatic heterocycles. The van der Waals surface area contributed by atoms with E-state index in [1.54, 1.807) is 0 Å². The zero-order valence-corrected chi connectivity index (χ0v) is 71.9. The molecule has 0 radical (unpaired) electrons. The molecule has 0 saturated heterocycles. The Hall–Kier alpha value is -13.3. The Balaban J connectivity index is 0.888. The molecule has 4 nitrogen and oxygen atoms in total. The van der Waals surface area contributed by atoms with Gasteiger partial charge in [0.25, 0.3) is 6.71 Å². The van der Waals surface area contributed by atoms with Crippen LogP contribution in [0.5, 0.6) is 0 Å². The van der Waals surface area contributed by atoms with E-state index in [1.165, 1.54) is 159 Å². The molecule has 8 heteroatoms. The second-order valence-corrected chi connectivity index (χ2v) is 40.3. The van der Waals surface area contributed by atoms with Crippen molar-refractivity contribution in [3.8, 4) is 78.1 Å². The Bertz CT molecular complexity index is 7820. The first-order chi connectivity index (χ1) is 59.4. The number of nitrogens with zero attached hydrogens (tertiary/aromatic N) is 4. The summed E-state index contributed by atoms with van der Waals surface area (Å²) in [6.07, 6.45) is 0. The number of para-hydroxylation sites is 2. The molecule has 25 rings (SSSR count). The predicted octanol–water partition coefficient (Wildman–Crippen LogP) is 31.3. The number of hydrogen-bond acceptors (Lipinski definition) is 5. The highest BCUT2D eigenvalue weighted by molar-refractivity contribution is 7.27. The highest BCUT2D eigenvalue weighted by Crippen LogP contribution is 2.58. The lowest BCUT2D eigenvalue weighted by Gasteiger charge is -2.47. The Kier molecular flexibility index (Phi) is 15.3. The van der Waals surface area contributed by atoms with E-state index >= 15 is 0 Å². The van der Waals surface area contributed by atoms with Gasteiger partial charge < -0.3 is 18.9 Å². The van der Waals surface area contributed by atoms with Gasteiger partial charge in [0, 0.05) is 129 Å². The third kappa shape index (κ3) is 10.6. The summed E-state index contributed by atoms with van der Waals surface area (Å²) in [6, 6.07) is 133. The van der Waals surface area contributed by atoms with Crippen molar-refractivity contribution in [3.63, 3.8) is 0 Å². The Morgan fingerprint density at radius 1 is 0.238 bits per heavy atom. The molecule has 17 aromatic carbocycles. The molecule has 22 aromatic rings. The predicted molar refractivity (Wildman–Crippen MR) is 530 cm³/mol. The van der Waals surface area contributed by atoms with Crippen LogP contribution in [0.15, 0.2) is 340 Å². The van der Waals surface area contributed by atoms with E-state index in [1.807, 2.05) is 34.0 Å². The maximum atomic E-state index is 2.80. The fraction of sp³-hybridized carbons (Fsp3) is 0.105. The number of aromatic nitrogens is 2. The second kappa shape index (κ2) is 26.1. The fourth-order valence-corrected chi connectivity index (χ4v) is 24.3. The van der Waals surface area contributed by atoms with Crippen molar-refractivity contribution in [1.82, 2.24) is 9.13 Å². The van der Waals surface area contributed by atoms with Crippen molar-refractivity contribution < 1.29 is 0 Å². The fourth-order valence-electron chi connectivity index (χ4n) is 20.8. The summed E-state index contributed by atoms with van der Waals surface area (Å²) in [4.78, 5) is 5.59. The van der Waals surface area contributed by atoms with Gasteiger partial charge in [0.2, 0.25) is 0 Å². The van der Waals surface area contributed by atoms with E-state index in [0.717, 1.165) is 90.0 Å². The maximum Gasteiger partial charge on any atom is 0.252 e. The zero-order chi connectivity index (χ0) is 81.7. The third-order valence-corrected chi connectivity index (χ3v) is 30.4. The van der Waals surface area contributed by atoms with Crippen LogP contribution in [-0.2, 0) is 16.2 Å². The number of rotatable bonds is 4. The van der Waals surface area contributed by atoms with Crippen molar-refractivity contribution in [3.05, 3.63) is 356 Å². The molecule has 0 N–H and O–H groups in total. The van der Waals surface area contributed by atoms with Crippen molar-refractivity contribution in [1.29, 1.82) is 0 Å². The van der Waals surface area contributed by atoms with Crippen LogP contribution in [0.2, 0.25) is 0 Å². The van der Waals surface area contributed by atoms with Crippen LogP contribution in [0.3, 0.4) is 0 Å². The largest absolute Gasteiger partial charge is 0.310 e. The summed E-state index contributed by atoms with van der Waals surface area (Å²) in [5.41, 5.74) is 34.3. The summed E-state index contributed by atoms with van der Waals surface area (Å²) in [6.45, 7) is 21.3. The van der Waals surface area contributed by atoms with Crippen LogP contribution in [0.25, 0.3) is 182 Å². The van der Waals surface area contributed by atoms with Crippen molar-refractivity contribution in [2.45, 2.75) is 78.6 Å². The summed E-state index contributed by atoms with van der Waals surface area (Å²) in [5, 5.41) is 12.6. The first-order valence-electron chi connectivity index (χ1n) is 42.8. The molecule has 0 fully saturated rings. The summed E-state index contributed by atoms with van der Waals surface area (Å²) in [5.74, 6) is 0. The van der Waals surface area contributed by atoms with Gasteiger partial charge in [-0.1, -0.05) is 281 Å². The molecule has 8 heterocycles. The molecular weight excluding hydrogens is 1530 g/mol. The zero-order valence-electron chi connectivity index (χ0n) is 69.4. The quantitative estimate of drug-likeness (QED) is 0.163. The van der Waals surface area contributed by atoms with Gasteiger partial charge in [0.1, 0.15) is 0 Å². The molecule has 3 aliphatic rings. The highest BCUT2D eigenvalue weighted by atomic mass is 32.1. The molecule has 122 heavy (non-hydrogen) atoms. The van der Waals surface area contributed by atoms with E-state index in [9.17, 15) is 0 Å². The lowest BCUT2D eigenvalue weighted by atomic mass is 9.33. The van der Waals surface area contributed by atoms with E-state index < -0.39 is 0 Å². The molecular formula is C114H83BN4S3. The Morgan fingerprint density at radius 2 is 0.590 bits per heavy atom. The summed E-state index contributed by atoms with van der Waals surface area (Å²) < 4.78 is 12.9. The van der Waals surface area contributed by atoms with E-state index in [4.69, 9.17) is 0 Å². The summed E-state index contributed by atoms with van der Waals surface area (Å²) in [7, 11) is 0. The van der Waals surface area contributed by atoms with Crippen LogP contribution in [0.1, 0.15) is 79.0 Å². The van der Waals surface area contributed by atoms with E-state index in [2.05, 4.69) is 421 Å². The molecule has 0 saturated carbocycles. The van der Waals surface area contributed by atoms with Gasteiger partial charge in [-0.25, -0.2) is 0 Å². The van der Waals surface area contributed by atoms with Crippen LogP contribution < -0.4 is 26.2 Å². The molecule has 0 spiro atoms. The SMILES string of the molecule is CC(C)(C)c1cc(-c2ccccc2)c2c(c1)-c1cccc(c1)-c1ccc3sc4ccc(cc4c3c1)-c1cccc(c1)-c1cc(C(C)(C)C)cc(-c3ccccc3)c1N1c3cc(-n4c5ccccc5c5ccc6c7ccccc7sc6c54)ccc3B3c4ccc(-n5c6ccccc6c6ccc7c8ccccc8sc7c65)cc4N2c2cc(C(C)(C)C)cc1c23. The van der Waals surface area contributed by atoms with Gasteiger partial charge in [-0.3, -0.25) is 0 Å². The molecule has 0 unspecified atom stereocenters. The van der Waals surface area contributed by atoms with Crippen LogP contribution >= 0.6 is 34.0 Å². The molecule has 0 aliphatic carbocycles. The monoisotopic (exact) mass is 1610 g/mol. The Labute approximate surface area is 721 Å². The normalized spacial score (nSPS) is 13.2. The Morgan fingerprint density at radius 3 is 1.02 bits per heavy atom. The number of thiophene rings is 3. The van der Waals surface area contributed by atoms with Crippen molar-refractivity contribution in [2.24, 2.45) is 0 Å². The minimum atomic E-state index is -0.388. The smallest absolute Gasteiger partial charge is 0.252 e. The molecule has 580 valence electrons. The van der Waals surface area contributed by atoms with Crippen LogP contribution in [0, 0.1) is 0 Å². The molecule has 0 atom stereocenters. The number of anilines is 6. The number of fused-ring (bicyclic) bond motifs is 34. The van der Waals surface area contributed by atoms with Gasteiger partial charge in [-0.05, 0) is 215 Å². The third-order valence-electron chi connectivity index (χ3n) is 26.8.